The standard InChI is InChI=1S/C18H18FN3O3S/c19-13-5-7-15(8-6-13)26(24,25)21-11-9-14(10-12-21)22-17-4-2-1-3-16(17)20-18(22)23/h1-8,14H,9-12H2,(H,20,23). The zero-order valence-corrected chi connectivity index (χ0v) is 14.7. The number of benzene rings is 2. The van der Waals surface area contributed by atoms with Gasteiger partial charge >= 0.3 is 5.69 Å². The largest absolute Gasteiger partial charge is 0.326 e. The van der Waals surface area contributed by atoms with Gasteiger partial charge in [-0.25, -0.2) is 17.6 Å². The minimum absolute atomic E-state index is 0.0571. The maximum atomic E-state index is 13.0. The second kappa shape index (κ2) is 6.37. The molecule has 2 heterocycles. The van der Waals surface area contributed by atoms with Gasteiger partial charge in [0.25, 0.3) is 0 Å². The molecular weight excluding hydrogens is 357 g/mol. The smallest absolute Gasteiger partial charge is 0.306 e. The summed E-state index contributed by atoms with van der Waals surface area (Å²) in [6, 6.07) is 12.3. The Hall–Kier alpha value is -2.45. The summed E-state index contributed by atoms with van der Waals surface area (Å²) in [4.78, 5) is 15.2. The lowest BCUT2D eigenvalue weighted by Gasteiger charge is -2.31. The Morgan fingerprint density at radius 3 is 2.35 bits per heavy atom. The number of aromatic nitrogens is 2. The third-order valence-corrected chi connectivity index (χ3v) is 6.78. The molecule has 1 fully saturated rings. The molecule has 0 radical (unpaired) electrons. The number of aromatic amines is 1. The quantitative estimate of drug-likeness (QED) is 0.764. The Morgan fingerprint density at radius 2 is 1.65 bits per heavy atom. The molecule has 1 aliphatic rings. The Balaban J connectivity index is 1.56. The first-order valence-electron chi connectivity index (χ1n) is 8.42. The molecule has 1 N–H and O–H groups in total. The van der Waals surface area contributed by atoms with Gasteiger partial charge in [0.2, 0.25) is 10.0 Å². The van der Waals surface area contributed by atoms with E-state index in [2.05, 4.69) is 4.98 Å². The Morgan fingerprint density at radius 1 is 1.00 bits per heavy atom. The van der Waals surface area contributed by atoms with Crippen LogP contribution in [-0.4, -0.2) is 35.4 Å². The van der Waals surface area contributed by atoms with E-state index in [1.165, 1.54) is 16.4 Å². The predicted octanol–water partition coefficient (Wildman–Crippen LogP) is 2.49. The third-order valence-electron chi connectivity index (χ3n) is 4.86. The second-order valence-corrected chi connectivity index (χ2v) is 8.34. The van der Waals surface area contributed by atoms with Crippen molar-refractivity contribution in [1.82, 2.24) is 13.9 Å². The summed E-state index contributed by atoms with van der Waals surface area (Å²) < 4.78 is 41.6. The van der Waals surface area contributed by atoms with Crippen LogP contribution in [0.5, 0.6) is 0 Å². The molecular formula is C18H18FN3O3S. The molecule has 0 atom stereocenters. The summed E-state index contributed by atoms with van der Waals surface area (Å²) in [6.45, 7) is 0.632. The molecule has 0 unspecified atom stereocenters. The van der Waals surface area contributed by atoms with Crippen molar-refractivity contribution < 1.29 is 12.8 Å². The molecule has 26 heavy (non-hydrogen) atoms. The lowest BCUT2D eigenvalue weighted by molar-refractivity contribution is 0.274. The molecule has 0 spiro atoms. The van der Waals surface area contributed by atoms with E-state index in [9.17, 15) is 17.6 Å². The molecule has 0 saturated carbocycles. The lowest BCUT2D eigenvalue weighted by Crippen LogP contribution is -2.40. The number of hydrogen-bond donors (Lipinski definition) is 1. The van der Waals surface area contributed by atoms with Crippen molar-refractivity contribution in [2.24, 2.45) is 0 Å². The number of imidazole rings is 1. The van der Waals surface area contributed by atoms with Gasteiger partial charge in [0.15, 0.2) is 0 Å². The highest BCUT2D eigenvalue weighted by molar-refractivity contribution is 7.89. The summed E-state index contributed by atoms with van der Waals surface area (Å²) in [6.07, 6.45) is 1.09. The first kappa shape index (κ1) is 17.0. The molecule has 0 amide bonds. The van der Waals surface area contributed by atoms with E-state index in [-0.39, 0.29) is 16.6 Å². The average Bonchev–Trinajstić information content (AvgIpc) is 2.98. The van der Waals surface area contributed by atoms with E-state index in [0.29, 0.717) is 25.9 Å². The normalized spacial score (nSPS) is 17.0. The van der Waals surface area contributed by atoms with Crippen LogP contribution in [0.4, 0.5) is 4.39 Å². The Labute approximate surface area is 149 Å². The molecule has 1 aliphatic heterocycles. The summed E-state index contributed by atoms with van der Waals surface area (Å²) in [5.74, 6) is -0.471. The van der Waals surface area contributed by atoms with Gasteiger partial charge < -0.3 is 4.98 Å². The maximum Gasteiger partial charge on any atom is 0.326 e. The van der Waals surface area contributed by atoms with Crippen LogP contribution >= 0.6 is 0 Å². The number of fused-ring (bicyclic) bond motifs is 1. The van der Waals surface area contributed by atoms with Gasteiger partial charge in [0.1, 0.15) is 5.82 Å². The number of nitrogens with zero attached hydrogens (tertiary/aromatic N) is 2. The minimum Gasteiger partial charge on any atom is -0.306 e. The summed E-state index contributed by atoms with van der Waals surface area (Å²) >= 11 is 0. The summed E-state index contributed by atoms with van der Waals surface area (Å²) in [7, 11) is -3.65. The number of piperidine rings is 1. The van der Waals surface area contributed by atoms with E-state index in [1.54, 1.807) is 4.57 Å². The Kier molecular flexibility index (Phi) is 4.16. The van der Waals surface area contributed by atoms with Crippen LogP contribution in [0.3, 0.4) is 0 Å². The zero-order chi connectivity index (χ0) is 18.3. The highest BCUT2D eigenvalue weighted by atomic mass is 32.2. The minimum atomic E-state index is -3.65. The zero-order valence-electron chi connectivity index (χ0n) is 13.9. The van der Waals surface area contributed by atoms with Crippen LogP contribution in [0.25, 0.3) is 11.0 Å². The molecule has 136 valence electrons. The molecule has 0 bridgehead atoms. The van der Waals surface area contributed by atoms with Crippen LogP contribution in [0.1, 0.15) is 18.9 Å². The van der Waals surface area contributed by atoms with Crippen molar-refractivity contribution in [3.63, 3.8) is 0 Å². The lowest BCUT2D eigenvalue weighted by atomic mass is 10.1. The van der Waals surface area contributed by atoms with Crippen LogP contribution in [0.2, 0.25) is 0 Å². The summed E-state index contributed by atoms with van der Waals surface area (Å²) in [5.41, 5.74) is 1.43. The maximum absolute atomic E-state index is 13.0. The first-order valence-corrected chi connectivity index (χ1v) is 9.86. The highest BCUT2D eigenvalue weighted by Crippen LogP contribution is 2.28. The topological polar surface area (TPSA) is 75.2 Å². The van der Waals surface area contributed by atoms with Crippen LogP contribution in [0.15, 0.2) is 58.2 Å². The fraction of sp³-hybridized carbons (Fsp3) is 0.278. The van der Waals surface area contributed by atoms with Crippen molar-refractivity contribution in [2.75, 3.05) is 13.1 Å². The van der Waals surface area contributed by atoms with Gasteiger partial charge in [-0.3, -0.25) is 4.57 Å². The molecule has 2 aromatic carbocycles. The SMILES string of the molecule is O=c1[nH]c2ccccc2n1C1CCN(S(=O)(=O)c2ccc(F)cc2)CC1. The van der Waals surface area contributed by atoms with Gasteiger partial charge in [-0.1, -0.05) is 12.1 Å². The van der Waals surface area contributed by atoms with Gasteiger partial charge in [-0.05, 0) is 49.2 Å². The average molecular weight is 375 g/mol. The molecule has 0 aliphatic carbocycles. The molecule has 6 nitrogen and oxygen atoms in total. The van der Waals surface area contributed by atoms with E-state index in [4.69, 9.17) is 0 Å². The molecule has 4 rings (SSSR count). The van der Waals surface area contributed by atoms with Crippen molar-refractivity contribution in [1.29, 1.82) is 0 Å². The second-order valence-electron chi connectivity index (χ2n) is 6.41. The summed E-state index contributed by atoms with van der Waals surface area (Å²) in [5, 5.41) is 0. The number of halogens is 1. The van der Waals surface area contributed by atoms with Gasteiger partial charge in [-0.15, -0.1) is 0 Å². The number of sulfonamides is 1. The van der Waals surface area contributed by atoms with Gasteiger partial charge in [-0.2, -0.15) is 4.31 Å². The molecule has 3 aromatic rings. The van der Waals surface area contributed by atoms with Crippen molar-refractivity contribution in [3.8, 4) is 0 Å². The first-order chi connectivity index (χ1) is 12.5. The Bertz CT molecular complexity index is 1090. The fourth-order valence-electron chi connectivity index (χ4n) is 3.53. The van der Waals surface area contributed by atoms with Crippen LogP contribution < -0.4 is 5.69 Å². The van der Waals surface area contributed by atoms with E-state index < -0.39 is 15.8 Å². The van der Waals surface area contributed by atoms with Crippen molar-refractivity contribution in [3.05, 3.63) is 64.8 Å². The molecule has 8 heteroatoms. The highest BCUT2D eigenvalue weighted by Gasteiger charge is 2.31. The fourth-order valence-corrected chi connectivity index (χ4v) is 5.00. The van der Waals surface area contributed by atoms with E-state index >= 15 is 0 Å². The number of para-hydroxylation sites is 2. The third kappa shape index (κ3) is 2.85. The van der Waals surface area contributed by atoms with Gasteiger partial charge in [0, 0.05) is 19.1 Å². The number of H-pyrrole nitrogens is 1. The van der Waals surface area contributed by atoms with E-state index in [0.717, 1.165) is 23.2 Å². The van der Waals surface area contributed by atoms with Crippen LogP contribution in [0, 0.1) is 5.82 Å². The number of rotatable bonds is 3. The van der Waals surface area contributed by atoms with Gasteiger partial charge in [0.05, 0.1) is 15.9 Å². The van der Waals surface area contributed by atoms with Crippen molar-refractivity contribution >= 4 is 21.1 Å². The van der Waals surface area contributed by atoms with E-state index in [1.807, 2.05) is 24.3 Å². The van der Waals surface area contributed by atoms with Crippen LogP contribution in [-0.2, 0) is 10.0 Å². The van der Waals surface area contributed by atoms with Crippen molar-refractivity contribution in [2.45, 2.75) is 23.8 Å². The molecule has 1 saturated heterocycles. The monoisotopic (exact) mass is 375 g/mol. The number of hydrogen-bond acceptors (Lipinski definition) is 3. The molecule has 1 aromatic heterocycles. The predicted molar refractivity (Wildman–Crippen MR) is 96.0 cm³/mol. The number of nitrogens with one attached hydrogen (secondary N) is 1.